The highest BCUT2D eigenvalue weighted by molar-refractivity contribution is 9.11. The average Bonchev–Trinajstić information content (AvgIpc) is 2.46. The maximum absolute atomic E-state index is 5.44. The van der Waals surface area contributed by atoms with Gasteiger partial charge in [0.1, 0.15) is 10.4 Å². The van der Waals surface area contributed by atoms with Crippen LogP contribution in [0.4, 0.5) is 0 Å². The van der Waals surface area contributed by atoms with Gasteiger partial charge in [-0.25, -0.2) is 0 Å². The second-order valence-corrected chi connectivity index (χ2v) is 5.68. The normalized spacial score (nSPS) is 13.9. The molecule has 2 rings (SSSR count). The lowest BCUT2D eigenvalue weighted by molar-refractivity contribution is 0.390. The number of methoxy groups -OCH3 is 1. The summed E-state index contributed by atoms with van der Waals surface area (Å²) in [6, 6.07) is 8.09. The predicted molar refractivity (Wildman–Crippen MR) is 91.3 cm³/mol. The third-order valence-corrected chi connectivity index (χ3v) is 3.72. The molecule has 1 aromatic rings. The summed E-state index contributed by atoms with van der Waals surface area (Å²) in [5.41, 5.74) is 9.52. The van der Waals surface area contributed by atoms with Crippen LogP contribution >= 0.6 is 28.1 Å². The summed E-state index contributed by atoms with van der Waals surface area (Å²) in [6.07, 6.45) is 6.62. The molecule has 3 N–H and O–H groups in total. The van der Waals surface area contributed by atoms with Gasteiger partial charge in [0, 0.05) is 18.9 Å². The van der Waals surface area contributed by atoms with E-state index < -0.39 is 0 Å². The van der Waals surface area contributed by atoms with E-state index in [1.54, 1.807) is 12.1 Å². The first kappa shape index (κ1) is 15.7. The molecule has 0 atom stereocenters. The number of hydrogen-bond acceptors (Lipinski definition) is 4. The number of nitrogens with one attached hydrogen (secondary N) is 1. The van der Waals surface area contributed by atoms with Crippen LogP contribution in [0, 0.1) is 0 Å². The molecule has 7 heteroatoms. The molecule has 0 aromatic heterocycles. The van der Waals surface area contributed by atoms with Crippen molar-refractivity contribution < 1.29 is 4.74 Å². The molecule has 1 aliphatic heterocycles. The van der Waals surface area contributed by atoms with Gasteiger partial charge in [-0.3, -0.25) is 10.4 Å². The standard InChI is InChI=1S/C14H17BrN4OS/c1-20-12-4-2-11(3-5-12)6-7-18-8-9-19(10-13(18)15)17-14(16)21/h2-5,8-10H,6-7H2,1H3,(H3,16,17,21). The van der Waals surface area contributed by atoms with Crippen LogP contribution in [0.3, 0.4) is 0 Å². The van der Waals surface area contributed by atoms with Gasteiger partial charge in [-0.2, -0.15) is 0 Å². The Morgan fingerprint density at radius 2 is 2.05 bits per heavy atom. The van der Waals surface area contributed by atoms with Crippen LogP contribution in [-0.2, 0) is 6.42 Å². The molecule has 0 saturated heterocycles. The smallest absolute Gasteiger partial charge is 0.183 e. The lowest BCUT2D eigenvalue weighted by Gasteiger charge is -2.28. The highest BCUT2D eigenvalue weighted by Crippen LogP contribution is 2.19. The maximum atomic E-state index is 5.44. The molecule has 1 aliphatic rings. The molecule has 0 bridgehead atoms. The fourth-order valence-electron chi connectivity index (χ4n) is 1.88. The number of ether oxygens (including phenoxy) is 1. The zero-order valence-electron chi connectivity index (χ0n) is 11.6. The van der Waals surface area contributed by atoms with Crippen molar-refractivity contribution in [3.05, 3.63) is 53.0 Å². The minimum absolute atomic E-state index is 0.225. The van der Waals surface area contributed by atoms with Crippen LogP contribution < -0.4 is 15.9 Å². The summed E-state index contributed by atoms with van der Waals surface area (Å²) in [6.45, 7) is 0.862. The van der Waals surface area contributed by atoms with Crippen LogP contribution in [0.25, 0.3) is 0 Å². The number of hydrogen-bond donors (Lipinski definition) is 2. The fraction of sp³-hybridized carbons (Fsp3) is 0.214. The largest absolute Gasteiger partial charge is 0.497 e. The first-order chi connectivity index (χ1) is 10.1. The van der Waals surface area contributed by atoms with E-state index in [0.717, 1.165) is 23.3 Å². The molecule has 0 radical (unpaired) electrons. The molecule has 5 nitrogen and oxygen atoms in total. The summed E-state index contributed by atoms with van der Waals surface area (Å²) in [4.78, 5) is 2.10. The zero-order chi connectivity index (χ0) is 15.2. The number of thiocarbonyl (C=S) groups is 1. The molecule has 0 unspecified atom stereocenters. The maximum Gasteiger partial charge on any atom is 0.183 e. The molecule has 0 fully saturated rings. The van der Waals surface area contributed by atoms with Crippen molar-refractivity contribution >= 4 is 33.3 Å². The van der Waals surface area contributed by atoms with Gasteiger partial charge in [0.05, 0.1) is 13.3 Å². The van der Waals surface area contributed by atoms with E-state index in [2.05, 4.69) is 38.4 Å². The lowest BCUT2D eigenvalue weighted by Crippen LogP contribution is -2.40. The number of benzene rings is 1. The van der Waals surface area contributed by atoms with Crippen LogP contribution in [0.1, 0.15) is 5.56 Å². The van der Waals surface area contributed by atoms with Gasteiger partial charge in [0.15, 0.2) is 5.11 Å². The third-order valence-electron chi connectivity index (χ3n) is 2.97. The molecule has 0 aliphatic carbocycles. The Balaban J connectivity index is 1.89. The Morgan fingerprint density at radius 3 is 2.62 bits per heavy atom. The van der Waals surface area contributed by atoms with Crippen LogP contribution in [0.5, 0.6) is 5.75 Å². The monoisotopic (exact) mass is 368 g/mol. The number of halogens is 1. The molecule has 0 amide bonds. The van der Waals surface area contributed by atoms with Gasteiger partial charge < -0.3 is 15.4 Å². The van der Waals surface area contributed by atoms with E-state index in [0.29, 0.717) is 0 Å². The Hall–Kier alpha value is -1.73. The lowest BCUT2D eigenvalue weighted by atomic mass is 10.1. The minimum Gasteiger partial charge on any atom is -0.497 e. The van der Waals surface area contributed by atoms with Crippen molar-refractivity contribution in [2.75, 3.05) is 13.7 Å². The summed E-state index contributed by atoms with van der Waals surface area (Å²) in [7, 11) is 1.67. The molecule has 1 aromatic carbocycles. The van der Waals surface area contributed by atoms with E-state index in [9.17, 15) is 0 Å². The summed E-state index contributed by atoms with van der Waals surface area (Å²) in [5.74, 6) is 0.872. The topological polar surface area (TPSA) is 53.8 Å². The average molecular weight is 369 g/mol. The molecule has 1 heterocycles. The molecular formula is C14H17BrN4OS. The number of nitrogens with two attached hydrogens (primary N) is 1. The zero-order valence-corrected chi connectivity index (χ0v) is 14.0. The summed E-state index contributed by atoms with van der Waals surface area (Å²) in [5, 5.41) is 1.93. The quantitative estimate of drug-likeness (QED) is 0.614. The second kappa shape index (κ2) is 7.33. The van der Waals surface area contributed by atoms with Crippen LogP contribution in [-0.4, -0.2) is 28.7 Å². The summed E-state index contributed by atoms with van der Waals surface area (Å²) >= 11 is 8.33. The van der Waals surface area contributed by atoms with E-state index in [1.807, 2.05) is 30.7 Å². The molecular weight excluding hydrogens is 352 g/mol. The summed E-state index contributed by atoms with van der Waals surface area (Å²) < 4.78 is 6.09. The van der Waals surface area contributed by atoms with Gasteiger partial charge in [0.2, 0.25) is 0 Å². The highest BCUT2D eigenvalue weighted by atomic mass is 79.9. The van der Waals surface area contributed by atoms with Crippen molar-refractivity contribution in [3.8, 4) is 5.75 Å². The second-order valence-electron chi connectivity index (χ2n) is 4.42. The SMILES string of the molecule is COc1ccc(CCN2C=CN(NC(N)=S)C=C2Br)cc1. The van der Waals surface area contributed by atoms with Crippen molar-refractivity contribution in [2.45, 2.75) is 6.42 Å². The first-order valence-corrected chi connectivity index (χ1v) is 7.58. The number of nitrogens with zero attached hydrogens (tertiary/aromatic N) is 2. The van der Waals surface area contributed by atoms with Crippen molar-refractivity contribution in [3.63, 3.8) is 0 Å². The highest BCUT2D eigenvalue weighted by Gasteiger charge is 2.11. The van der Waals surface area contributed by atoms with Gasteiger partial charge in [-0.1, -0.05) is 12.1 Å². The van der Waals surface area contributed by atoms with E-state index in [4.69, 9.17) is 22.7 Å². The molecule has 0 saturated carbocycles. The number of hydrazine groups is 1. The Kier molecular flexibility index (Phi) is 5.46. The third kappa shape index (κ3) is 4.64. The molecule has 21 heavy (non-hydrogen) atoms. The van der Waals surface area contributed by atoms with Crippen molar-refractivity contribution in [1.29, 1.82) is 0 Å². The van der Waals surface area contributed by atoms with E-state index >= 15 is 0 Å². The van der Waals surface area contributed by atoms with Gasteiger partial charge in [0.25, 0.3) is 0 Å². The van der Waals surface area contributed by atoms with Crippen LogP contribution in [0.15, 0.2) is 47.5 Å². The Labute approximate surface area is 138 Å². The van der Waals surface area contributed by atoms with Crippen molar-refractivity contribution in [1.82, 2.24) is 15.3 Å². The molecule has 112 valence electrons. The van der Waals surface area contributed by atoms with Gasteiger partial charge >= 0.3 is 0 Å². The van der Waals surface area contributed by atoms with Gasteiger partial charge in [-0.05, 0) is 52.3 Å². The number of rotatable bonds is 5. The molecule has 0 spiro atoms. The fourth-order valence-corrected chi connectivity index (χ4v) is 2.50. The minimum atomic E-state index is 0.225. The van der Waals surface area contributed by atoms with Crippen molar-refractivity contribution in [2.24, 2.45) is 5.73 Å². The Bertz CT molecular complexity index is 559. The first-order valence-electron chi connectivity index (χ1n) is 6.38. The van der Waals surface area contributed by atoms with E-state index in [-0.39, 0.29) is 5.11 Å². The van der Waals surface area contributed by atoms with E-state index in [1.165, 1.54) is 5.56 Å². The van der Waals surface area contributed by atoms with Crippen LogP contribution in [0.2, 0.25) is 0 Å². The van der Waals surface area contributed by atoms with Gasteiger partial charge in [-0.15, -0.1) is 0 Å². The Morgan fingerprint density at radius 1 is 1.33 bits per heavy atom. The predicted octanol–water partition coefficient (Wildman–Crippen LogP) is 2.27.